The van der Waals surface area contributed by atoms with E-state index in [9.17, 15) is 13.2 Å². The van der Waals surface area contributed by atoms with Gasteiger partial charge in [0.05, 0.1) is 12.1 Å². The van der Waals surface area contributed by atoms with Crippen LogP contribution in [0.15, 0.2) is 4.52 Å². The highest BCUT2D eigenvalue weighted by molar-refractivity contribution is 5.07. The number of alkyl halides is 3. The molecule has 0 spiro atoms. The molecule has 1 aliphatic rings. The van der Waals surface area contributed by atoms with Crippen molar-refractivity contribution in [3.05, 3.63) is 11.7 Å². The van der Waals surface area contributed by atoms with E-state index in [0.717, 1.165) is 19.3 Å². The SMILES string of the molecule is NC1(c2nc(CCOCC(F)(F)F)no2)CCC1. The van der Waals surface area contributed by atoms with Crippen molar-refractivity contribution >= 4 is 0 Å². The fraction of sp³-hybridized carbons (Fsp3) is 0.800. The lowest BCUT2D eigenvalue weighted by atomic mass is 9.78. The maximum Gasteiger partial charge on any atom is 0.411 e. The highest BCUT2D eigenvalue weighted by Crippen LogP contribution is 2.37. The molecule has 5 nitrogen and oxygen atoms in total. The minimum Gasteiger partial charge on any atom is -0.372 e. The number of hydrogen-bond acceptors (Lipinski definition) is 5. The van der Waals surface area contributed by atoms with Gasteiger partial charge >= 0.3 is 6.18 Å². The first-order valence-corrected chi connectivity index (χ1v) is 5.65. The minimum atomic E-state index is -4.31. The standard InChI is InChI=1S/C10H14F3N3O2/c11-10(12,13)6-17-5-2-7-15-8(18-16-7)9(14)3-1-4-9/h1-6,14H2. The lowest BCUT2D eigenvalue weighted by Gasteiger charge is -2.33. The summed E-state index contributed by atoms with van der Waals surface area (Å²) in [5, 5.41) is 3.67. The van der Waals surface area contributed by atoms with Crippen LogP contribution in [0.2, 0.25) is 0 Å². The van der Waals surface area contributed by atoms with Crippen LogP contribution >= 0.6 is 0 Å². The predicted molar refractivity (Wildman–Crippen MR) is 54.6 cm³/mol. The van der Waals surface area contributed by atoms with Crippen molar-refractivity contribution in [2.75, 3.05) is 13.2 Å². The summed E-state index contributed by atoms with van der Waals surface area (Å²) in [7, 11) is 0. The Labute approximate surface area is 101 Å². The van der Waals surface area contributed by atoms with Crippen LogP contribution in [0.4, 0.5) is 13.2 Å². The lowest BCUT2D eigenvalue weighted by Crippen LogP contribution is -2.43. The lowest BCUT2D eigenvalue weighted by molar-refractivity contribution is -0.173. The van der Waals surface area contributed by atoms with E-state index < -0.39 is 18.3 Å². The molecule has 1 saturated carbocycles. The smallest absolute Gasteiger partial charge is 0.372 e. The van der Waals surface area contributed by atoms with Gasteiger partial charge in [0, 0.05) is 6.42 Å². The Morgan fingerprint density at radius 2 is 2.11 bits per heavy atom. The summed E-state index contributed by atoms with van der Waals surface area (Å²) in [6.45, 7) is -1.37. The third kappa shape index (κ3) is 3.20. The van der Waals surface area contributed by atoms with Crippen LogP contribution in [0.25, 0.3) is 0 Å². The number of hydrogen-bond donors (Lipinski definition) is 1. The Kier molecular flexibility index (Phi) is 3.58. The summed E-state index contributed by atoms with van der Waals surface area (Å²) < 4.78 is 44.9. The Balaban J connectivity index is 1.77. The third-order valence-electron chi connectivity index (χ3n) is 2.88. The van der Waals surface area contributed by atoms with Crippen molar-refractivity contribution in [3.8, 4) is 0 Å². The van der Waals surface area contributed by atoms with Gasteiger partial charge in [0.15, 0.2) is 5.82 Å². The Bertz CT molecular complexity index is 401. The first kappa shape index (κ1) is 13.3. The van der Waals surface area contributed by atoms with Crippen LogP contribution in [0, 0.1) is 0 Å². The van der Waals surface area contributed by atoms with Crippen LogP contribution in [-0.4, -0.2) is 29.5 Å². The van der Waals surface area contributed by atoms with E-state index in [-0.39, 0.29) is 13.0 Å². The van der Waals surface area contributed by atoms with Gasteiger partial charge in [-0.15, -0.1) is 0 Å². The molecule has 0 radical (unpaired) electrons. The molecule has 102 valence electrons. The number of rotatable bonds is 5. The highest BCUT2D eigenvalue weighted by Gasteiger charge is 2.39. The van der Waals surface area contributed by atoms with Crippen LogP contribution in [-0.2, 0) is 16.7 Å². The molecule has 1 fully saturated rings. The first-order chi connectivity index (χ1) is 8.39. The Hall–Kier alpha value is -1.15. The molecule has 0 unspecified atom stereocenters. The van der Waals surface area contributed by atoms with Crippen LogP contribution < -0.4 is 5.73 Å². The summed E-state index contributed by atoms with van der Waals surface area (Å²) in [5.74, 6) is 0.684. The normalized spacial score (nSPS) is 18.7. The second kappa shape index (κ2) is 4.85. The monoisotopic (exact) mass is 265 g/mol. The average molecular weight is 265 g/mol. The van der Waals surface area contributed by atoms with Crippen LogP contribution in [0.5, 0.6) is 0 Å². The van der Waals surface area contributed by atoms with E-state index in [2.05, 4.69) is 14.9 Å². The summed E-state index contributed by atoms with van der Waals surface area (Å²) in [6.07, 6.45) is -1.54. The molecule has 2 N–H and O–H groups in total. The van der Waals surface area contributed by atoms with Crippen molar-refractivity contribution in [3.63, 3.8) is 0 Å². The second-order valence-electron chi connectivity index (χ2n) is 4.44. The number of ether oxygens (including phenoxy) is 1. The van der Waals surface area contributed by atoms with E-state index in [4.69, 9.17) is 10.3 Å². The molecule has 1 aliphatic carbocycles. The molecular weight excluding hydrogens is 251 g/mol. The molecule has 18 heavy (non-hydrogen) atoms. The van der Waals surface area contributed by atoms with Crippen molar-refractivity contribution in [2.24, 2.45) is 5.73 Å². The van der Waals surface area contributed by atoms with Gasteiger partial charge < -0.3 is 15.0 Å². The molecular formula is C10H14F3N3O2. The third-order valence-corrected chi connectivity index (χ3v) is 2.88. The van der Waals surface area contributed by atoms with Crippen LogP contribution in [0.1, 0.15) is 31.0 Å². The molecule has 0 amide bonds. The number of halogens is 3. The Morgan fingerprint density at radius 3 is 2.67 bits per heavy atom. The molecule has 8 heteroatoms. The number of nitrogens with zero attached hydrogens (tertiary/aromatic N) is 2. The zero-order valence-electron chi connectivity index (χ0n) is 9.66. The van der Waals surface area contributed by atoms with E-state index in [0.29, 0.717) is 11.7 Å². The van der Waals surface area contributed by atoms with Gasteiger partial charge in [-0.2, -0.15) is 18.2 Å². The van der Waals surface area contributed by atoms with E-state index in [1.807, 2.05) is 0 Å². The molecule has 2 rings (SSSR count). The quantitative estimate of drug-likeness (QED) is 0.817. The molecule has 1 aromatic heterocycles. The van der Waals surface area contributed by atoms with Gasteiger partial charge in [0.25, 0.3) is 0 Å². The molecule has 0 bridgehead atoms. The number of nitrogens with two attached hydrogens (primary N) is 1. The number of aromatic nitrogens is 2. The van der Waals surface area contributed by atoms with Crippen molar-refractivity contribution in [2.45, 2.75) is 37.4 Å². The largest absolute Gasteiger partial charge is 0.411 e. The second-order valence-corrected chi connectivity index (χ2v) is 4.44. The van der Waals surface area contributed by atoms with Crippen LogP contribution in [0.3, 0.4) is 0 Å². The maximum atomic E-state index is 11.8. The maximum absolute atomic E-state index is 11.8. The van der Waals surface area contributed by atoms with Crippen molar-refractivity contribution in [1.29, 1.82) is 0 Å². The molecule has 0 aliphatic heterocycles. The molecule has 1 aromatic rings. The average Bonchev–Trinajstić information content (AvgIpc) is 2.68. The van der Waals surface area contributed by atoms with E-state index in [1.165, 1.54) is 0 Å². The van der Waals surface area contributed by atoms with E-state index in [1.54, 1.807) is 0 Å². The zero-order chi connectivity index (χ0) is 13.2. The van der Waals surface area contributed by atoms with Gasteiger partial charge in [-0.25, -0.2) is 0 Å². The molecule has 0 atom stereocenters. The molecule has 0 aromatic carbocycles. The van der Waals surface area contributed by atoms with Gasteiger partial charge in [0.2, 0.25) is 5.89 Å². The van der Waals surface area contributed by atoms with Gasteiger partial charge in [-0.1, -0.05) is 5.16 Å². The molecule has 0 saturated heterocycles. The minimum absolute atomic E-state index is 0.101. The first-order valence-electron chi connectivity index (χ1n) is 5.65. The Morgan fingerprint density at radius 1 is 1.39 bits per heavy atom. The topological polar surface area (TPSA) is 74.2 Å². The molecule has 1 heterocycles. The predicted octanol–water partition coefficient (Wildman–Crippen LogP) is 1.53. The summed E-state index contributed by atoms with van der Waals surface area (Å²) in [5.41, 5.74) is 5.43. The van der Waals surface area contributed by atoms with Gasteiger partial charge in [0.1, 0.15) is 6.61 Å². The fourth-order valence-corrected chi connectivity index (χ4v) is 1.68. The van der Waals surface area contributed by atoms with Gasteiger partial charge in [-0.3, -0.25) is 0 Å². The fourth-order valence-electron chi connectivity index (χ4n) is 1.68. The van der Waals surface area contributed by atoms with Gasteiger partial charge in [-0.05, 0) is 19.3 Å². The zero-order valence-corrected chi connectivity index (χ0v) is 9.66. The summed E-state index contributed by atoms with van der Waals surface area (Å²) in [6, 6.07) is 0. The summed E-state index contributed by atoms with van der Waals surface area (Å²) in [4.78, 5) is 4.07. The summed E-state index contributed by atoms with van der Waals surface area (Å²) >= 11 is 0. The van der Waals surface area contributed by atoms with Crippen molar-refractivity contribution < 1.29 is 22.4 Å². The van der Waals surface area contributed by atoms with Crippen molar-refractivity contribution in [1.82, 2.24) is 10.1 Å². The van der Waals surface area contributed by atoms with E-state index >= 15 is 0 Å². The highest BCUT2D eigenvalue weighted by atomic mass is 19.4.